The largest absolute Gasteiger partial charge is 0.267 e. The van der Waals surface area contributed by atoms with Gasteiger partial charge in [0.1, 0.15) is 34.4 Å². The minimum atomic E-state index is 0.446. The maximum Gasteiger partial charge on any atom is 0.267 e. The van der Waals surface area contributed by atoms with Gasteiger partial charge in [-0.15, -0.1) is 0 Å². The van der Waals surface area contributed by atoms with E-state index in [9.17, 15) is 0 Å². The second kappa shape index (κ2) is 12.0. The zero-order chi connectivity index (χ0) is 18.8. The van der Waals surface area contributed by atoms with Gasteiger partial charge in [-0.2, -0.15) is 0 Å². The lowest BCUT2D eigenvalue weighted by Crippen LogP contribution is -2.31. The van der Waals surface area contributed by atoms with Crippen molar-refractivity contribution in [1.82, 2.24) is 9.97 Å². The summed E-state index contributed by atoms with van der Waals surface area (Å²) in [7, 11) is 4.19. The van der Waals surface area contributed by atoms with E-state index in [0.717, 1.165) is 0 Å². The van der Waals surface area contributed by atoms with Gasteiger partial charge in [0.2, 0.25) is 0 Å². The number of aryl methyl sites for hydroxylation is 2. The third-order valence-corrected chi connectivity index (χ3v) is 6.86. The van der Waals surface area contributed by atoms with Crippen molar-refractivity contribution < 1.29 is 9.13 Å². The van der Waals surface area contributed by atoms with Crippen molar-refractivity contribution in [3.63, 3.8) is 0 Å². The first kappa shape index (κ1) is 21.7. The number of alkyl halides is 2. The first-order valence-electron chi connectivity index (χ1n) is 9.93. The van der Waals surface area contributed by atoms with Crippen molar-refractivity contribution in [2.24, 2.45) is 14.1 Å². The van der Waals surface area contributed by atoms with Gasteiger partial charge in [0.05, 0.1) is 14.1 Å². The number of hydrogen-bond donors (Lipinski definition) is 2. The number of halogens is 2. The molecule has 4 nitrogen and oxygen atoms in total. The standard InChI is InChI=1S/C20H32Br2N4/c1-25-15-13-23-19(25)17(21)11-9-7-5-3-4-6-8-10-12-18(22)20-24-14-16-26(20)2/h13-18H,3-12H2,1-2H3/p+2. The molecular weight excluding hydrogens is 456 g/mol. The summed E-state index contributed by atoms with van der Waals surface area (Å²) in [4.78, 5) is 7.52. The van der Waals surface area contributed by atoms with Crippen molar-refractivity contribution in [3.05, 3.63) is 36.4 Å². The molecule has 0 aromatic carbocycles. The van der Waals surface area contributed by atoms with Crippen LogP contribution in [0.15, 0.2) is 24.8 Å². The van der Waals surface area contributed by atoms with E-state index in [0.29, 0.717) is 9.65 Å². The highest BCUT2D eigenvalue weighted by Gasteiger charge is 2.18. The van der Waals surface area contributed by atoms with E-state index in [4.69, 9.17) is 0 Å². The van der Waals surface area contributed by atoms with E-state index in [1.54, 1.807) is 0 Å². The minimum absolute atomic E-state index is 0.446. The van der Waals surface area contributed by atoms with E-state index >= 15 is 0 Å². The fraction of sp³-hybridized carbons (Fsp3) is 0.700. The van der Waals surface area contributed by atoms with Crippen LogP contribution in [0.2, 0.25) is 0 Å². The molecule has 2 N–H and O–H groups in total. The number of H-pyrrole nitrogens is 2. The number of imidazole rings is 2. The Kier molecular flexibility index (Phi) is 9.97. The lowest BCUT2D eigenvalue weighted by molar-refractivity contribution is -0.678. The molecule has 0 amide bonds. The van der Waals surface area contributed by atoms with Crippen molar-refractivity contribution in [3.8, 4) is 0 Å². The zero-order valence-electron chi connectivity index (χ0n) is 16.2. The molecule has 26 heavy (non-hydrogen) atoms. The van der Waals surface area contributed by atoms with Gasteiger partial charge < -0.3 is 0 Å². The summed E-state index contributed by atoms with van der Waals surface area (Å²) in [6.07, 6.45) is 21.3. The van der Waals surface area contributed by atoms with E-state index in [1.807, 2.05) is 12.4 Å². The molecule has 2 aromatic rings. The molecule has 0 aliphatic heterocycles. The van der Waals surface area contributed by atoms with Gasteiger partial charge in [0.15, 0.2) is 0 Å². The second-order valence-electron chi connectivity index (χ2n) is 7.25. The molecule has 0 aliphatic rings. The fourth-order valence-electron chi connectivity index (χ4n) is 3.44. The van der Waals surface area contributed by atoms with E-state index in [1.165, 1.54) is 75.9 Å². The van der Waals surface area contributed by atoms with Crippen molar-refractivity contribution >= 4 is 31.9 Å². The predicted molar refractivity (Wildman–Crippen MR) is 113 cm³/mol. The Hall–Kier alpha value is -0.620. The Morgan fingerprint density at radius 1 is 0.692 bits per heavy atom. The molecule has 0 fully saturated rings. The topological polar surface area (TPSA) is 39.3 Å². The first-order valence-corrected chi connectivity index (χ1v) is 11.8. The third-order valence-electron chi connectivity index (χ3n) is 5.08. The molecule has 0 radical (unpaired) electrons. The molecule has 6 heteroatoms. The molecular formula is C20H34Br2N4+2. The predicted octanol–water partition coefficient (Wildman–Crippen LogP) is 5.47. The van der Waals surface area contributed by atoms with Crippen LogP contribution in [-0.4, -0.2) is 9.97 Å². The van der Waals surface area contributed by atoms with Gasteiger partial charge >= 0.3 is 0 Å². The number of unbranched alkanes of at least 4 members (excludes halogenated alkanes) is 7. The monoisotopic (exact) mass is 488 g/mol. The van der Waals surface area contributed by atoms with Crippen molar-refractivity contribution in [1.29, 1.82) is 0 Å². The lowest BCUT2D eigenvalue weighted by Gasteiger charge is -2.06. The highest BCUT2D eigenvalue weighted by molar-refractivity contribution is 9.09. The Morgan fingerprint density at radius 3 is 1.35 bits per heavy atom. The highest BCUT2D eigenvalue weighted by Crippen LogP contribution is 2.26. The molecule has 146 valence electrons. The third kappa shape index (κ3) is 7.18. The van der Waals surface area contributed by atoms with E-state index < -0.39 is 0 Å². The summed E-state index contributed by atoms with van der Waals surface area (Å²) in [5, 5.41) is 0. The molecule has 2 atom stereocenters. The minimum Gasteiger partial charge on any atom is -0.247 e. The van der Waals surface area contributed by atoms with Crippen LogP contribution in [0.3, 0.4) is 0 Å². The summed E-state index contributed by atoms with van der Waals surface area (Å²) in [5.41, 5.74) is 0. The average molecular weight is 490 g/mol. The van der Waals surface area contributed by atoms with Crippen LogP contribution in [0, 0.1) is 0 Å². The fourth-order valence-corrected chi connectivity index (χ4v) is 4.99. The smallest absolute Gasteiger partial charge is 0.247 e. The van der Waals surface area contributed by atoms with Crippen LogP contribution in [0.4, 0.5) is 0 Å². The number of nitrogens with one attached hydrogen (secondary N) is 2. The maximum atomic E-state index is 3.80. The molecule has 0 bridgehead atoms. The van der Waals surface area contributed by atoms with Gasteiger partial charge in [0.25, 0.3) is 11.6 Å². The molecule has 0 spiro atoms. The summed E-state index contributed by atoms with van der Waals surface area (Å²) in [6, 6.07) is 0. The van der Waals surface area contributed by atoms with Crippen LogP contribution < -0.4 is 9.13 Å². The number of nitrogens with zero attached hydrogens (tertiary/aromatic N) is 2. The summed E-state index contributed by atoms with van der Waals surface area (Å²) < 4.78 is 4.32. The number of aromatic amines is 2. The van der Waals surface area contributed by atoms with Gasteiger partial charge in [-0.1, -0.05) is 83.2 Å². The lowest BCUT2D eigenvalue weighted by atomic mass is 10.0. The SMILES string of the molecule is C[n+]1cc[nH]c1C(Br)CCCCCCCCCCC(Br)c1[nH]cc[n+]1C. The Morgan fingerprint density at radius 2 is 1.04 bits per heavy atom. The first-order chi connectivity index (χ1) is 12.6. The van der Waals surface area contributed by atoms with Crippen LogP contribution in [0.1, 0.15) is 85.5 Å². The van der Waals surface area contributed by atoms with Crippen LogP contribution >= 0.6 is 31.9 Å². The molecule has 0 saturated heterocycles. The maximum absolute atomic E-state index is 3.80. The van der Waals surface area contributed by atoms with E-state index in [-0.39, 0.29) is 0 Å². The van der Waals surface area contributed by atoms with Gasteiger partial charge in [-0.3, -0.25) is 0 Å². The van der Waals surface area contributed by atoms with Gasteiger partial charge in [-0.05, 0) is 12.8 Å². The van der Waals surface area contributed by atoms with Gasteiger partial charge in [0, 0.05) is 0 Å². The normalized spacial score (nSPS) is 13.8. The zero-order valence-corrected chi connectivity index (χ0v) is 19.4. The quantitative estimate of drug-likeness (QED) is 0.213. The highest BCUT2D eigenvalue weighted by atomic mass is 79.9. The van der Waals surface area contributed by atoms with Crippen molar-refractivity contribution in [2.75, 3.05) is 0 Å². The number of hydrogen-bond acceptors (Lipinski definition) is 0. The Bertz CT molecular complexity index is 569. The molecule has 2 rings (SSSR count). The van der Waals surface area contributed by atoms with Gasteiger partial charge in [-0.25, -0.2) is 19.1 Å². The average Bonchev–Trinajstić information content (AvgIpc) is 3.24. The Labute approximate surface area is 175 Å². The second-order valence-corrected chi connectivity index (χ2v) is 9.46. The van der Waals surface area contributed by atoms with Crippen LogP contribution in [-0.2, 0) is 14.1 Å². The Balaban J connectivity index is 1.41. The molecule has 0 aliphatic carbocycles. The number of rotatable bonds is 13. The summed E-state index contributed by atoms with van der Waals surface area (Å²) in [5.74, 6) is 2.53. The molecule has 2 aromatic heterocycles. The van der Waals surface area contributed by atoms with Crippen LogP contribution in [0.25, 0.3) is 0 Å². The molecule has 0 saturated carbocycles. The molecule has 2 unspecified atom stereocenters. The van der Waals surface area contributed by atoms with Crippen molar-refractivity contribution in [2.45, 2.75) is 73.9 Å². The summed E-state index contributed by atoms with van der Waals surface area (Å²) in [6.45, 7) is 0. The van der Waals surface area contributed by atoms with E-state index in [2.05, 4.69) is 77.5 Å². The molecule has 2 heterocycles. The number of aromatic nitrogens is 4. The summed E-state index contributed by atoms with van der Waals surface area (Å²) >= 11 is 7.60. The van der Waals surface area contributed by atoms with Crippen LogP contribution in [0.5, 0.6) is 0 Å².